The molecule has 38 heavy (non-hydrogen) atoms. The molecule has 3 aromatic carbocycles. The number of rotatable bonds is 9. The second-order valence-corrected chi connectivity index (χ2v) is 10.5. The maximum absolute atomic E-state index is 13.6. The molecular formula is C30H32Cl2N2O4. The predicted molar refractivity (Wildman–Crippen MR) is 150 cm³/mol. The number of benzene rings is 3. The number of carbonyl (C=O) groups excluding carboxylic acids is 1. The third-order valence-electron chi connectivity index (χ3n) is 6.85. The molecule has 5 rings (SSSR count). The van der Waals surface area contributed by atoms with E-state index in [0.29, 0.717) is 54.3 Å². The van der Waals surface area contributed by atoms with Crippen molar-refractivity contribution >= 4 is 34.8 Å². The summed E-state index contributed by atoms with van der Waals surface area (Å²) in [5.74, 6) is 0.619. The largest absolute Gasteiger partial charge is 0.491 e. The summed E-state index contributed by atoms with van der Waals surface area (Å²) < 4.78 is 17.2. The smallest absolute Gasteiger partial charge is 0.241 e. The van der Waals surface area contributed by atoms with Gasteiger partial charge in [-0.3, -0.25) is 9.69 Å². The molecule has 2 heterocycles. The number of ether oxygens (including phenoxy) is 3. The minimum atomic E-state index is -0.217. The zero-order chi connectivity index (χ0) is 26.3. The summed E-state index contributed by atoms with van der Waals surface area (Å²) in [7, 11) is 0. The van der Waals surface area contributed by atoms with Crippen LogP contribution in [-0.2, 0) is 20.8 Å². The van der Waals surface area contributed by atoms with Gasteiger partial charge in [0.15, 0.2) is 6.29 Å². The molecule has 2 saturated heterocycles. The first kappa shape index (κ1) is 27.0. The van der Waals surface area contributed by atoms with E-state index in [0.717, 1.165) is 31.4 Å². The predicted octanol–water partition coefficient (Wildman–Crippen LogP) is 6.51. The minimum Gasteiger partial charge on any atom is -0.491 e. The molecule has 8 heteroatoms. The highest BCUT2D eigenvalue weighted by molar-refractivity contribution is 6.34. The van der Waals surface area contributed by atoms with Crippen molar-refractivity contribution in [2.75, 3.05) is 37.8 Å². The molecule has 0 bridgehead atoms. The molecule has 2 fully saturated rings. The van der Waals surface area contributed by atoms with Crippen molar-refractivity contribution in [3.05, 3.63) is 94.0 Å². The molecule has 200 valence electrons. The lowest BCUT2D eigenvalue weighted by molar-refractivity contribution is -0.165. The van der Waals surface area contributed by atoms with Gasteiger partial charge in [0.1, 0.15) is 12.4 Å². The summed E-state index contributed by atoms with van der Waals surface area (Å²) in [6.07, 6.45) is 2.99. The Bertz CT molecular complexity index is 1200. The molecule has 6 nitrogen and oxygen atoms in total. The summed E-state index contributed by atoms with van der Waals surface area (Å²) >= 11 is 12.9. The van der Waals surface area contributed by atoms with Gasteiger partial charge in [-0.15, -0.1) is 0 Å². The molecule has 2 aliphatic heterocycles. The Morgan fingerprint density at radius 1 is 0.947 bits per heavy atom. The summed E-state index contributed by atoms with van der Waals surface area (Å²) in [4.78, 5) is 17.6. The first-order chi connectivity index (χ1) is 18.6. The van der Waals surface area contributed by atoms with Gasteiger partial charge < -0.3 is 19.1 Å². The van der Waals surface area contributed by atoms with Gasteiger partial charge >= 0.3 is 0 Å². The highest BCUT2D eigenvalue weighted by Crippen LogP contribution is 2.38. The van der Waals surface area contributed by atoms with E-state index < -0.39 is 0 Å². The zero-order valence-electron chi connectivity index (χ0n) is 21.2. The summed E-state index contributed by atoms with van der Waals surface area (Å²) in [6.45, 7) is 3.23. The molecule has 0 radical (unpaired) electrons. The fourth-order valence-electron chi connectivity index (χ4n) is 4.99. The number of halogens is 2. The fourth-order valence-corrected chi connectivity index (χ4v) is 5.38. The molecular weight excluding hydrogens is 523 g/mol. The summed E-state index contributed by atoms with van der Waals surface area (Å²) in [6, 6.07) is 23.1. The Balaban J connectivity index is 1.30. The Morgan fingerprint density at radius 3 is 2.50 bits per heavy atom. The number of nitrogens with zero attached hydrogens (tertiary/aromatic N) is 2. The second kappa shape index (κ2) is 13.0. The monoisotopic (exact) mass is 554 g/mol. The Morgan fingerprint density at radius 2 is 1.76 bits per heavy atom. The van der Waals surface area contributed by atoms with Crippen molar-refractivity contribution in [3.63, 3.8) is 0 Å². The van der Waals surface area contributed by atoms with Crippen LogP contribution in [0.15, 0.2) is 72.8 Å². The maximum Gasteiger partial charge on any atom is 0.241 e. The zero-order valence-corrected chi connectivity index (χ0v) is 22.7. The van der Waals surface area contributed by atoms with E-state index in [-0.39, 0.29) is 18.2 Å². The molecule has 3 aromatic rings. The average Bonchev–Trinajstić information content (AvgIpc) is 2.93. The van der Waals surface area contributed by atoms with Crippen LogP contribution in [0.2, 0.25) is 10.0 Å². The number of hydrogen-bond donors (Lipinski definition) is 0. The van der Waals surface area contributed by atoms with Gasteiger partial charge in [0.25, 0.3) is 0 Å². The first-order valence-corrected chi connectivity index (χ1v) is 13.8. The number of carbonyl (C=O) groups is 1. The molecule has 2 aliphatic rings. The third kappa shape index (κ3) is 6.87. The van der Waals surface area contributed by atoms with Crippen LogP contribution in [0.25, 0.3) is 0 Å². The van der Waals surface area contributed by atoms with Crippen LogP contribution in [0.3, 0.4) is 0 Å². The van der Waals surface area contributed by atoms with E-state index in [1.807, 2.05) is 54.6 Å². The van der Waals surface area contributed by atoms with E-state index in [9.17, 15) is 4.79 Å². The van der Waals surface area contributed by atoms with E-state index in [1.165, 1.54) is 5.56 Å². The molecule has 1 amide bonds. The Labute approximate surface area is 234 Å². The average molecular weight is 556 g/mol. The number of hydrogen-bond acceptors (Lipinski definition) is 5. The van der Waals surface area contributed by atoms with Crippen LogP contribution in [-0.4, -0.2) is 50.0 Å². The Kier molecular flexibility index (Phi) is 9.20. The van der Waals surface area contributed by atoms with Gasteiger partial charge in [-0.2, -0.15) is 0 Å². The van der Waals surface area contributed by atoms with E-state index in [1.54, 1.807) is 11.0 Å². The van der Waals surface area contributed by atoms with Crippen LogP contribution in [0.1, 0.15) is 36.4 Å². The summed E-state index contributed by atoms with van der Waals surface area (Å²) in [5, 5.41) is 1.12. The molecule has 0 N–H and O–H groups in total. The van der Waals surface area contributed by atoms with Crippen LogP contribution < -0.4 is 9.64 Å². The van der Waals surface area contributed by atoms with E-state index in [4.69, 9.17) is 37.4 Å². The summed E-state index contributed by atoms with van der Waals surface area (Å²) in [5.41, 5.74) is 2.83. The minimum absolute atomic E-state index is 0.0106. The molecule has 0 aliphatic carbocycles. The van der Waals surface area contributed by atoms with Gasteiger partial charge in [-0.1, -0.05) is 65.7 Å². The first-order valence-electron chi connectivity index (χ1n) is 13.1. The number of piperazine rings is 1. The SMILES string of the molecule is O=C1CN(Cc2ccccc2)CC(c2ccc(Cl)cc2)N1c1ccc(OCCOC2CCCCO2)cc1Cl. The standard InChI is InChI=1S/C30H32Cl2N2O4/c31-24-11-9-23(10-12-24)28-20-33(19-22-6-2-1-3-7-22)21-29(35)34(28)27-14-13-25(18-26(27)32)36-16-17-38-30-8-4-5-15-37-30/h1-3,6-7,9-14,18,28,30H,4-5,8,15-17,19-21H2. The van der Waals surface area contributed by atoms with Gasteiger partial charge in [0.2, 0.25) is 5.91 Å². The topological polar surface area (TPSA) is 51.2 Å². The van der Waals surface area contributed by atoms with Crippen LogP contribution >= 0.6 is 23.2 Å². The molecule has 0 aromatic heterocycles. The molecule has 0 saturated carbocycles. The van der Waals surface area contributed by atoms with Crippen molar-refractivity contribution in [2.45, 2.75) is 38.1 Å². The quantitative estimate of drug-likeness (QED) is 0.282. The van der Waals surface area contributed by atoms with Crippen molar-refractivity contribution in [2.24, 2.45) is 0 Å². The third-order valence-corrected chi connectivity index (χ3v) is 7.40. The fraction of sp³-hybridized carbons (Fsp3) is 0.367. The normalized spacial score (nSPS) is 20.5. The van der Waals surface area contributed by atoms with Crippen molar-refractivity contribution in [1.29, 1.82) is 0 Å². The van der Waals surface area contributed by atoms with Gasteiger partial charge in [0, 0.05) is 30.8 Å². The lowest BCUT2D eigenvalue weighted by Gasteiger charge is -2.41. The van der Waals surface area contributed by atoms with E-state index >= 15 is 0 Å². The van der Waals surface area contributed by atoms with Gasteiger partial charge in [-0.25, -0.2) is 0 Å². The molecule has 2 atom stereocenters. The number of anilines is 1. The second-order valence-electron chi connectivity index (χ2n) is 9.61. The van der Waals surface area contributed by atoms with Crippen molar-refractivity contribution < 1.29 is 19.0 Å². The van der Waals surface area contributed by atoms with Crippen molar-refractivity contribution in [3.8, 4) is 5.75 Å². The Hall–Kier alpha value is -2.61. The lowest BCUT2D eigenvalue weighted by atomic mass is 10.0. The van der Waals surface area contributed by atoms with Crippen LogP contribution in [0, 0.1) is 0 Å². The van der Waals surface area contributed by atoms with E-state index in [2.05, 4.69) is 17.0 Å². The van der Waals surface area contributed by atoms with Gasteiger partial charge in [-0.05, 0) is 54.7 Å². The highest BCUT2D eigenvalue weighted by Gasteiger charge is 2.35. The van der Waals surface area contributed by atoms with Crippen LogP contribution in [0.4, 0.5) is 5.69 Å². The van der Waals surface area contributed by atoms with Crippen molar-refractivity contribution in [1.82, 2.24) is 4.90 Å². The lowest BCUT2D eigenvalue weighted by Crippen LogP contribution is -2.52. The maximum atomic E-state index is 13.6. The number of amides is 1. The molecule has 2 unspecified atom stereocenters. The van der Waals surface area contributed by atoms with Gasteiger partial charge in [0.05, 0.1) is 29.9 Å². The van der Waals surface area contributed by atoms with Crippen LogP contribution in [0.5, 0.6) is 5.75 Å². The highest BCUT2D eigenvalue weighted by atomic mass is 35.5. The molecule has 0 spiro atoms.